The van der Waals surface area contributed by atoms with E-state index in [1.165, 1.54) is 0 Å². The molecule has 0 radical (unpaired) electrons. The smallest absolute Gasteiger partial charge is 0.392 e. The van der Waals surface area contributed by atoms with Crippen LogP contribution in [0.2, 0.25) is 0 Å². The Morgan fingerprint density at radius 1 is 1.56 bits per heavy atom. The number of aliphatic hydroxyl groups excluding tert-OH is 1. The summed E-state index contributed by atoms with van der Waals surface area (Å²) in [5, 5.41) is 11.2. The van der Waals surface area contributed by atoms with Crippen molar-refractivity contribution in [1.82, 2.24) is 9.88 Å². The van der Waals surface area contributed by atoms with Gasteiger partial charge in [0.15, 0.2) is 5.69 Å². The summed E-state index contributed by atoms with van der Waals surface area (Å²) in [5.41, 5.74) is -0.835. The highest BCUT2D eigenvalue weighted by Crippen LogP contribution is 2.33. The molecule has 0 aliphatic heterocycles. The number of hydrogen-bond acceptors (Lipinski definition) is 4. The van der Waals surface area contributed by atoms with Gasteiger partial charge in [-0.3, -0.25) is 4.90 Å². The molecule has 1 saturated carbocycles. The number of alkyl halides is 3. The number of thiazole rings is 1. The summed E-state index contributed by atoms with van der Waals surface area (Å²) in [5.74, 6) is 0.370. The van der Waals surface area contributed by atoms with Crippen LogP contribution in [0.3, 0.4) is 0 Å². The van der Waals surface area contributed by atoms with Crippen LogP contribution in [-0.2, 0) is 12.7 Å². The maximum Gasteiger partial charge on any atom is 0.434 e. The van der Waals surface area contributed by atoms with Gasteiger partial charge in [-0.2, -0.15) is 13.2 Å². The van der Waals surface area contributed by atoms with Gasteiger partial charge in [-0.1, -0.05) is 0 Å². The van der Waals surface area contributed by atoms with E-state index in [9.17, 15) is 18.3 Å². The van der Waals surface area contributed by atoms with Crippen molar-refractivity contribution in [3.8, 4) is 0 Å². The molecule has 1 aromatic heterocycles. The fourth-order valence-electron chi connectivity index (χ4n) is 1.76. The van der Waals surface area contributed by atoms with Crippen LogP contribution in [0.15, 0.2) is 5.38 Å². The Bertz CT molecular complexity index is 403. The molecule has 0 bridgehead atoms. The van der Waals surface area contributed by atoms with Crippen molar-refractivity contribution in [1.29, 1.82) is 0 Å². The molecule has 3 nitrogen and oxygen atoms in total. The van der Waals surface area contributed by atoms with Crippen LogP contribution in [0, 0.1) is 5.92 Å². The summed E-state index contributed by atoms with van der Waals surface area (Å²) in [6.45, 7) is 0.816. The van der Waals surface area contributed by atoms with Crippen LogP contribution in [0.25, 0.3) is 0 Å². The van der Waals surface area contributed by atoms with E-state index in [4.69, 9.17) is 0 Å². The molecule has 1 aromatic rings. The monoisotopic (exact) mass is 280 g/mol. The number of likely N-dealkylation sites (N-methyl/N-ethyl adjacent to an activating group) is 1. The zero-order valence-corrected chi connectivity index (χ0v) is 10.8. The van der Waals surface area contributed by atoms with Crippen molar-refractivity contribution in [3.05, 3.63) is 16.1 Å². The third-order valence-electron chi connectivity index (χ3n) is 2.91. The number of hydrogen-bond donors (Lipinski definition) is 1. The van der Waals surface area contributed by atoms with Gasteiger partial charge in [0.25, 0.3) is 0 Å². The molecule has 1 atom stereocenters. The average molecular weight is 280 g/mol. The Morgan fingerprint density at radius 3 is 2.72 bits per heavy atom. The highest BCUT2D eigenvalue weighted by molar-refractivity contribution is 7.09. The number of aliphatic hydroxyl groups is 1. The largest absolute Gasteiger partial charge is 0.434 e. The fraction of sp³-hybridized carbons (Fsp3) is 0.727. The lowest BCUT2D eigenvalue weighted by Crippen LogP contribution is -2.30. The number of rotatable bonds is 5. The molecule has 7 heteroatoms. The van der Waals surface area contributed by atoms with Crippen LogP contribution < -0.4 is 0 Å². The fourth-order valence-corrected chi connectivity index (χ4v) is 2.64. The van der Waals surface area contributed by atoms with E-state index >= 15 is 0 Å². The zero-order valence-electron chi connectivity index (χ0n) is 9.94. The summed E-state index contributed by atoms with van der Waals surface area (Å²) < 4.78 is 37.1. The van der Waals surface area contributed by atoms with E-state index in [1.807, 2.05) is 4.90 Å². The van der Waals surface area contributed by atoms with E-state index in [2.05, 4.69) is 4.98 Å². The second kappa shape index (κ2) is 5.14. The third kappa shape index (κ3) is 3.66. The lowest BCUT2D eigenvalue weighted by Gasteiger charge is -2.19. The summed E-state index contributed by atoms with van der Waals surface area (Å²) in [6, 6.07) is 0. The lowest BCUT2D eigenvalue weighted by atomic mass is 10.2. The van der Waals surface area contributed by atoms with Gasteiger partial charge in [-0.05, 0) is 25.8 Å². The number of nitrogens with zero attached hydrogens (tertiary/aromatic N) is 2. The van der Waals surface area contributed by atoms with E-state index in [0.717, 1.165) is 29.6 Å². The summed E-state index contributed by atoms with van der Waals surface area (Å²) in [7, 11) is 1.78. The van der Waals surface area contributed by atoms with Crippen molar-refractivity contribution in [2.24, 2.45) is 5.92 Å². The second-order valence-corrected chi connectivity index (χ2v) is 5.67. The van der Waals surface area contributed by atoms with Crippen molar-refractivity contribution in [3.63, 3.8) is 0 Å². The van der Waals surface area contributed by atoms with Crippen molar-refractivity contribution in [2.75, 3.05) is 13.6 Å². The maximum atomic E-state index is 12.4. The molecular weight excluding hydrogens is 265 g/mol. The van der Waals surface area contributed by atoms with Gasteiger partial charge >= 0.3 is 6.18 Å². The third-order valence-corrected chi connectivity index (χ3v) is 3.75. The van der Waals surface area contributed by atoms with Gasteiger partial charge in [0.1, 0.15) is 5.01 Å². The predicted octanol–water partition coefficient (Wildman–Crippen LogP) is 2.36. The quantitative estimate of drug-likeness (QED) is 0.899. The summed E-state index contributed by atoms with van der Waals surface area (Å²) in [4.78, 5) is 5.37. The molecule has 0 aromatic carbocycles. The Morgan fingerprint density at radius 2 is 2.22 bits per heavy atom. The molecule has 1 aliphatic rings. The number of halogens is 3. The standard InChI is InChI=1S/C11H15F3N2OS/c1-16(4-8(17)7-2-3-7)5-10-15-9(6-18-10)11(12,13)14/h6-8,17H,2-5H2,1H3. The Hall–Kier alpha value is -0.660. The van der Waals surface area contributed by atoms with E-state index in [1.54, 1.807) is 7.05 Å². The van der Waals surface area contributed by atoms with Crippen molar-refractivity contribution in [2.45, 2.75) is 31.7 Å². The molecule has 0 amide bonds. The minimum atomic E-state index is -4.37. The first-order chi connectivity index (χ1) is 8.36. The number of aromatic nitrogens is 1. The lowest BCUT2D eigenvalue weighted by molar-refractivity contribution is -0.140. The van der Waals surface area contributed by atoms with E-state index in [-0.39, 0.29) is 6.10 Å². The van der Waals surface area contributed by atoms with Gasteiger partial charge < -0.3 is 5.11 Å². The molecular formula is C11H15F3N2OS. The summed E-state index contributed by atoms with van der Waals surface area (Å²) in [6.07, 6.45) is -2.66. The molecule has 102 valence electrons. The first kappa shape index (κ1) is 13.8. The first-order valence-corrected chi connectivity index (χ1v) is 6.62. The normalized spacial score (nSPS) is 18.3. The van der Waals surface area contributed by atoms with Crippen LogP contribution >= 0.6 is 11.3 Å². The average Bonchev–Trinajstić information content (AvgIpc) is 2.98. The van der Waals surface area contributed by atoms with Crippen LogP contribution in [-0.4, -0.2) is 34.7 Å². The first-order valence-electron chi connectivity index (χ1n) is 5.74. The molecule has 1 unspecified atom stereocenters. The van der Waals surface area contributed by atoms with Crippen molar-refractivity contribution < 1.29 is 18.3 Å². The van der Waals surface area contributed by atoms with Gasteiger partial charge in [-0.15, -0.1) is 11.3 Å². The van der Waals surface area contributed by atoms with Gasteiger partial charge in [0, 0.05) is 11.9 Å². The Balaban J connectivity index is 1.86. The topological polar surface area (TPSA) is 36.4 Å². The van der Waals surface area contributed by atoms with Crippen LogP contribution in [0.1, 0.15) is 23.5 Å². The van der Waals surface area contributed by atoms with Gasteiger partial charge in [0.05, 0.1) is 12.6 Å². The molecule has 2 rings (SSSR count). The molecule has 18 heavy (non-hydrogen) atoms. The van der Waals surface area contributed by atoms with Gasteiger partial charge in [-0.25, -0.2) is 4.98 Å². The van der Waals surface area contributed by atoms with E-state index < -0.39 is 11.9 Å². The summed E-state index contributed by atoms with van der Waals surface area (Å²) >= 11 is 1.00. The molecule has 1 fully saturated rings. The Kier molecular flexibility index (Phi) is 3.93. The zero-order chi connectivity index (χ0) is 13.3. The van der Waals surface area contributed by atoms with Crippen LogP contribution in [0.4, 0.5) is 13.2 Å². The molecule has 1 N–H and O–H groups in total. The van der Waals surface area contributed by atoms with Crippen molar-refractivity contribution >= 4 is 11.3 Å². The van der Waals surface area contributed by atoms with Gasteiger partial charge in [0.2, 0.25) is 0 Å². The second-order valence-electron chi connectivity index (χ2n) is 4.73. The predicted molar refractivity (Wildman–Crippen MR) is 62.2 cm³/mol. The van der Waals surface area contributed by atoms with Crippen LogP contribution in [0.5, 0.6) is 0 Å². The minimum absolute atomic E-state index is 0.338. The maximum absolute atomic E-state index is 12.4. The highest BCUT2D eigenvalue weighted by atomic mass is 32.1. The molecule has 1 aliphatic carbocycles. The van der Waals surface area contributed by atoms with E-state index in [0.29, 0.717) is 24.0 Å². The molecule has 1 heterocycles. The Labute approximate surface area is 107 Å². The molecule has 0 spiro atoms. The molecule has 0 saturated heterocycles. The minimum Gasteiger partial charge on any atom is -0.392 e. The SMILES string of the molecule is CN(Cc1nc(C(F)(F)F)cs1)CC(O)C1CC1. The highest BCUT2D eigenvalue weighted by Gasteiger charge is 2.34.